The minimum Gasteiger partial charge on any atom is -0.352 e. The third-order valence-electron chi connectivity index (χ3n) is 6.82. The van der Waals surface area contributed by atoms with Gasteiger partial charge in [-0.05, 0) is 50.5 Å². The highest BCUT2D eigenvalue weighted by Crippen LogP contribution is 2.27. The largest absolute Gasteiger partial charge is 0.352 e. The summed E-state index contributed by atoms with van der Waals surface area (Å²) in [7, 11) is -2.16. The lowest BCUT2D eigenvalue weighted by Gasteiger charge is -2.32. The maximum Gasteiger partial charge on any atom is 0.242 e. The number of rotatable bonds is 11. The van der Waals surface area contributed by atoms with Gasteiger partial charge in [-0.25, -0.2) is 12.7 Å². The predicted octanol–water partition coefficient (Wildman–Crippen LogP) is 5.26. The maximum absolute atomic E-state index is 13.4. The average molecular weight is 569 g/mol. The number of carbonyl (C=O) groups is 2. The molecule has 1 saturated carbocycles. The van der Waals surface area contributed by atoms with E-state index < -0.39 is 16.1 Å². The second-order valence-corrected chi connectivity index (χ2v) is 12.3. The van der Waals surface area contributed by atoms with Gasteiger partial charge in [0, 0.05) is 48.2 Å². The minimum absolute atomic E-state index is 0.0672. The molecular formula is C27H35Cl2N3O4S. The molecule has 0 heterocycles. The van der Waals surface area contributed by atoms with Crippen LogP contribution in [0.5, 0.6) is 0 Å². The summed E-state index contributed by atoms with van der Waals surface area (Å²) in [6.07, 6.45) is 5.57. The van der Waals surface area contributed by atoms with E-state index in [4.69, 9.17) is 23.2 Å². The summed E-state index contributed by atoms with van der Waals surface area (Å²) in [6, 6.07) is 12.7. The summed E-state index contributed by atoms with van der Waals surface area (Å²) in [4.78, 5) is 28.2. The third kappa shape index (κ3) is 7.93. The summed E-state index contributed by atoms with van der Waals surface area (Å²) in [5, 5.41) is 3.93. The number of amides is 2. The topological polar surface area (TPSA) is 86.8 Å². The Labute approximate surface area is 230 Å². The Morgan fingerprint density at radius 1 is 1.00 bits per heavy atom. The number of hydrogen-bond acceptors (Lipinski definition) is 4. The van der Waals surface area contributed by atoms with E-state index in [1.807, 2.05) is 0 Å². The molecule has 37 heavy (non-hydrogen) atoms. The van der Waals surface area contributed by atoms with Crippen LogP contribution in [0.15, 0.2) is 53.4 Å². The molecule has 0 aliphatic heterocycles. The van der Waals surface area contributed by atoms with Crippen molar-refractivity contribution in [3.63, 3.8) is 0 Å². The normalized spacial score (nSPS) is 15.4. The average Bonchev–Trinajstić information content (AvgIpc) is 2.89. The van der Waals surface area contributed by atoms with Gasteiger partial charge in [0.25, 0.3) is 0 Å². The van der Waals surface area contributed by atoms with Gasteiger partial charge in [0.05, 0.1) is 4.90 Å². The van der Waals surface area contributed by atoms with Crippen molar-refractivity contribution in [1.82, 2.24) is 14.5 Å². The molecule has 1 atom stereocenters. The van der Waals surface area contributed by atoms with Crippen LogP contribution in [0.25, 0.3) is 0 Å². The van der Waals surface area contributed by atoms with Crippen molar-refractivity contribution in [2.24, 2.45) is 0 Å². The molecule has 2 aromatic rings. The van der Waals surface area contributed by atoms with Crippen LogP contribution >= 0.6 is 23.2 Å². The van der Waals surface area contributed by atoms with Gasteiger partial charge in [-0.1, -0.05) is 66.7 Å². The molecule has 1 aliphatic rings. The first-order chi connectivity index (χ1) is 17.6. The Hall–Kier alpha value is -2.13. The summed E-state index contributed by atoms with van der Waals surface area (Å²) in [5.74, 6) is -0.486. The number of nitrogens with one attached hydrogen (secondary N) is 1. The highest BCUT2D eigenvalue weighted by molar-refractivity contribution is 7.89. The lowest BCUT2D eigenvalue weighted by atomic mass is 9.95. The first-order valence-electron chi connectivity index (χ1n) is 12.7. The van der Waals surface area contributed by atoms with Gasteiger partial charge in [0.1, 0.15) is 6.04 Å². The summed E-state index contributed by atoms with van der Waals surface area (Å²) in [5.41, 5.74) is 0.570. The molecule has 0 aromatic heterocycles. The van der Waals surface area contributed by atoms with E-state index in [0.717, 1.165) is 25.7 Å². The molecule has 0 saturated heterocycles. The van der Waals surface area contributed by atoms with E-state index in [9.17, 15) is 18.0 Å². The van der Waals surface area contributed by atoms with Gasteiger partial charge in [-0.15, -0.1) is 0 Å². The number of hydrogen-bond donors (Lipinski definition) is 1. The SMILES string of the molecule is CC(C(=O)NC1CCCCC1)N(Cc1c(Cl)cccc1Cl)C(=O)CCCN(C)S(=O)(=O)c1ccccc1. The van der Waals surface area contributed by atoms with E-state index in [1.54, 1.807) is 55.5 Å². The third-order valence-corrected chi connectivity index (χ3v) is 9.40. The lowest BCUT2D eigenvalue weighted by Crippen LogP contribution is -2.50. The van der Waals surface area contributed by atoms with E-state index in [1.165, 1.54) is 22.7 Å². The van der Waals surface area contributed by atoms with Crippen molar-refractivity contribution in [2.45, 2.75) is 75.4 Å². The predicted molar refractivity (Wildman–Crippen MR) is 147 cm³/mol. The summed E-state index contributed by atoms with van der Waals surface area (Å²) in [6.45, 7) is 1.94. The highest BCUT2D eigenvalue weighted by atomic mass is 35.5. The van der Waals surface area contributed by atoms with Crippen molar-refractivity contribution in [3.8, 4) is 0 Å². The smallest absolute Gasteiger partial charge is 0.242 e. The second kappa shape index (κ2) is 13.6. The molecular weight excluding hydrogens is 533 g/mol. The Bertz CT molecular complexity index is 1150. The molecule has 2 aromatic carbocycles. The van der Waals surface area contributed by atoms with Gasteiger partial charge < -0.3 is 10.2 Å². The zero-order valence-electron chi connectivity index (χ0n) is 21.3. The van der Waals surface area contributed by atoms with Crippen LogP contribution < -0.4 is 5.32 Å². The maximum atomic E-state index is 13.4. The van der Waals surface area contributed by atoms with Crippen LogP contribution in [0, 0.1) is 0 Å². The minimum atomic E-state index is -3.65. The van der Waals surface area contributed by atoms with Crippen molar-refractivity contribution in [3.05, 3.63) is 64.1 Å². The molecule has 0 radical (unpaired) electrons. The quantitative estimate of drug-likeness (QED) is 0.401. The molecule has 10 heteroatoms. The zero-order chi connectivity index (χ0) is 27.0. The van der Waals surface area contributed by atoms with Gasteiger partial charge in [-0.3, -0.25) is 9.59 Å². The van der Waals surface area contributed by atoms with Crippen LogP contribution in [-0.4, -0.2) is 55.1 Å². The van der Waals surface area contributed by atoms with E-state index >= 15 is 0 Å². The van der Waals surface area contributed by atoms with E-state index in [0.29, 0.717) is 22.0 Å². The van der Waals surface area contributed by atoms with E-state index in [2.05, 4.69) is 5.32 Å². The molecule has 7 nitrogen and oxygen atoms in total. The molecule has 0 bridgehead atoms. The number of halogens is 2. The zero-order valence-corrected chi connectivity index (χ0v) is 23.7. The Balaban J connectivity index is 1.70. The fraction of sp³-hybridized carbons (Fsp3) is 0.481. The van der Waals surface area contributed by atoms with Crippen molar-refractivity contribution < 1.29 is 18.0 Å². The van der Waals surface area contributed by atoms with Crippen molar-refractivity contribution in [2.75, 3.05) is 13.6 Å². The molecule has 1 fully saturated rings. The molecule has 0 spiro atoms. The number of benzene rings is 2. The van der Waals surface area contributed by atoms with Gasteiger partial charge in [-0.2, -0.15) is 0 Å². The fourth-order valence-electron chi connectivity index (χ4n) is 4.49. The Morgan fingerprint density at radius 2 is 1.62 bits per heavy atom. The number of sulfonamides is 1. The van der Waals surface area contributed by atoms with Crippen LogP contribution in [0.2, 0.25) is 10.0 Å². The summed E-state index contributed by atoms with van der Waals surface area (Å²) >= 11 is 12.8. The molecule has 1 aliphatic carbocycles. The molecule has 3 rings (SSSR count). The van der Waals surface area contributed by atoms with Crippen LogP contribution in [-0.2, 0) is 26.2 Å². The second-order valence-electron chi connectivity index (χ2n) is 9.48. The standard InChI is InChI=1S/C27H35Cl2N3O4S/c1-20(27(34)30-21-11-5-3-6-12-21)32(19-23-24(28)15-9-16-25(23)29)26(33)17-10-18-31(2)37(35,36)22-13-7-4-8-14-22/h4,7-9,13-16,20-21H,3,5-6,10-12,17-19H2,1-2H3,(H,30,34). The van der Waals surface area contributed by atoms with Crippen LogP contribution in [0.4, 0.5) is 0 Å². The Kier molecular flexibility index (Phi) is 10.8. The Morgan fingerprint density at radius 3 is 2.24 bits per heavy atom. The first kappa shape index (κ1) is 29.4. The first-order valence-corrected chi connectivity index (χ1v) is 14.8. The van der Waals surface area contributed by atoms with Crippen molar-refractivity contribution in [1.29, 1.82) is 0 Å². The molecule has 1 unspecified atom stereocenters. The van der Waals surface area contributed by atoms with Gasteiger partial charge in [0.2, 0.25) is 21.8 Å². The molecule has 1 N–H and O–H groups in total. The highest BCUT2D eigenvalue weighted by Gasteiger charge is 2.29. The molecule has 2 amide bonds. The fourth-order valence-corrected chi connectivity index (χ4v) is 6.24. The van der Waals surface area contributed by atoms with Gasteiger partial charge in [0.15, 0.2) is 0 Å². The van der Waals surface area contributed by atoms with E-state index in [-0.39, 0.29) is 42.3 Å². The molecule has 202 valence electrons. The number of carbonyl (C=O) groups excluding carboxylic acids is 2. The van der Waals surface area contributed by atoms with Gasteiger partial charge >= 0.3 is 0 Å². The summed E-state index contributed by atoms with van der Waals surface area (Å²) < 4.78 is 26.8. The van der Waals surface area contributed by atoms with Crippen LogP contribution in [0.1, 0.15) is 57.4 Å². The van der Waals surface area contributed by atoms with Crippen molar-refractivity contribution >= 4 is 45.0 Å². The van der Waals surface area contributed by atoms with Crippen LogP contribution in [0.3, 0.4) is 0 Å². The number of nitrogens with zero attached hydrogens (tertiary/aromatic N) is 2. The lowest BCUT2D eigenvalue weighted by molar-refractivity contribution is -0.141. The monoisotopic (exact) mass is 567 g/mol.